The summed E-state index contributed by atoms with van der Waals surface area (Å²) in [4.78, 5) is 10.9. The van der Waals surface area contributed by atoms with Gasteiger partial charge in [0.15, 0.2) is 6.23 Å². The van der Waals surface area contributed by atoms with Gasteiger partial charge in [-0.15, -0.1) is 5.10 Å². The molecule has 0 aliphatic heterocycles. The molecule has 0 radical (unpaired) electrons. The molecule has 3 atom stereocenters. The summed E-state index contributed by atoms with van der Waals surface area (Å²) in [7, 11) is 0. The second-order valence-corrected chi connectivity index (χ2v) is 5.24. The van der Waals surface area contributed by atoms with Crippen LogP contribution in [-0.4, -0.2) is 32.7 Å². The van der Waals surface area contributed by atoms with Gasteiger partial charge < -0.3 is 9.84 Å². The Hall–Kier alpha value is -1.95. The van der Waals surface area contributed by atoms with Gasteiger partial charge in [-0.2, -0.15) is 0 Å². The summed E-state index contributed by atoms with van der Waals surface area (Å²) in [6.45, 7) is 1.76. The zero-order chi connectivity index (χ0) is 14.1. The number of nitrogens with zero attached hydrogens (tertiary/aromatic N) is 3. The van der Waals surface area contributed by atoms with E-state index >= 15 is 0 Å². The fraction of sp³-hybridized carbons (Fsp3) is 0.500. The second kappa shape index (κ2) is 5.20. The molecule has 1 fully saturated rings. The van der Waals surface area contributed by atoms with Gasteiger partial charge in [-0.3, -0.25) is 4.79 Å². The highest BCUT2D eigenvalue weighted by Gasteiger charge is 2.38. The van der Waals surface area contributed by atoms with Crippen molar-refractivity contribution >= 4 is 17.0 Å². The van der Waals surface area contributed by atoms with Gasteiger partial charge in [0.2, 0.25) is 0 Å². The van der Waals surface area contributed by atoms with Crippen molar-refractivity contribution in [2.75, 3.05) is 6.61 Å². The van der Waals surface area contributed by atoms with Crippen molar-refractivity contribution in [2.45, 2.75) is 26.0 Å². The lowest BCUT2D eigenvalue weighted by atomic mass is 9.73. The third-order valence-corrected chi connectivity index (χ3v) is 3.99. The smallest absolute Gasteiger partial charge is 0.302 e. The Bertz CT molecular complexity index is 625. The van der Waals surface area contributed by atoms with Crippen LogP contribution < -0.4 is 0 Å². The van der Waals surface area contributed by atoms with Crippen LogP contribution in [0.3, 0.4) is 0 Å². The topological polar surface area (TPSA) is 77.2 Å². The number of benzene rings is 1. The molecule has 0 saturated heterocycles. The zero-order valence-corrected chi connectivity index (χ0v) is 11.3. The second-order valence-electron chi connectivity index (χ2n) is 5.24. The molecule has 0 unspecified atom stereocenters. The molecule has 0 bridgehead atoms. The van der Waals surface area contributed by atoms with Crippen molar-refractivity contribution in [1.82, 2.24) is 15.0 Å². The number of hydrogen-bond acceptors (Lipinski definition) is 5. The Kier molecular flexibility index (Phi) is 3.40. The number of aliphatic hydroxyl groups is 1. The maximum atomic E-state index is 10.9. The number of aliphatic hydroxyl groups excluding tert-OH is 1. The molecule has 20 heavy (non-hydrogen) atoms. The number of fused-ring (bicyclic) bond motifs is 1. The largest absolute Gasteiger partial charge is 0.466 e. The van der Waals surface area contributed by atoms with Crippen molar-refractivity contribution in [1.29, 1.82) is 0 Å². The predicted molar refractivity (Wildman–Crippen MR) is 71.6 cm³/mol. The summed E-state index contributed by atoms with van der Waals surface area (Å²) in [5.41, 5.74) is 1.58. The Morgan fingerprint density at radius 1 is 1.50 bits per heavy atom. The van der Waals surface area contributed by atoms with Gasteiger partial charge in [-0.25, -0.2) is 4.68 Å². The highest BCUT2D eigenvalue weighted by Crippen LogP contribution is 2.41. The van der Waals surface area contributed by atoms with Gasteiger partial charge in [-0.1, -0.05) is 17.3 Å². The summed E-state index contributed by atoms with van der Waals surface area (Å²) in [6.07, 6.45) is 1.14. The number of rotatable bonds is 4. The van der Waals surface area contributed by atoms with E-state index in [-0.39, 0.29) is 17.8 Å². The van der Waals surface area contributed by atoms with Gasteiger partial charge in [0, 0.05) is 18.8 Å². The van der Waals surface area contributed by atoms with E-state index in [1.165, 1.54) is 6.92 Å². The number of ether oxygens (including phenoxy) is 1. The minimum atomic E-state index is -0.725. The molecule has 1 heterocycles. The Labute approximate surface area is 116 Å². The molecule has 1 saturated carbocycles. The summed E-state index contributed by atoms with van der Waals surface area (Å²) in [5.74, 6) is -0.0346. The van der Waals surface area contributed by atoms with Crippen LogP contribution in [0.5, 0.6) is 0 Å². The highest BCUT2D eigenvalue weighted by molar-refractivity contribution is 5.73. The molecule has 1 aromatic carbocycles. The summed E-state index contributed by atoms with van der Waals surface area (Å²) in [6, 6.07) is 7.54. The standard InChI is InChI=1S/C14H17N3O3/c1-9(18)20-8-10-6-7-11(10)14(19)17-13-5-3-2-4-12(13)15-16-17/h2-5,10-11,14,19H,6-8H2,1H3/t10-,11+,14-/m0/s1. The van der Waals surface area contributed by atoms with E-state index in [0.29, 0.717) is 6.61 Å². The molecule has 1 aromatic heterocycles. The van der Waals surface area contributed by atoms with Crippen LogP contribution in [0.15, 0.2) is 24.3 Å². The van der Waals surface area contributed by atoms with E-state index in [4.69, 9.17) is 4.74 Å². The normalized spacial score (nSPS) is 23.3. The van der Waals surface area contributed by atoms with E-state index in [1.54, 1.807) is 4.68 Å². The first kappa shape index (κ1) is 13.1. The van der Waals surface area contributed by atoms with Crippen LogP contribution in [0.2, 0.25) is 0 Å². The van der Waals surface area contributed by atoms with E-state index in [9.17, 15) is 9.90 Å². The van der Waals surface area contributed by atoms with Gasteiger partial charge in [0.1, 0.15) is 5.52 Å². The Morgan fingerprint density at radius 2 is 2.30 bits per heavy atom. The van der Waals surface area contributed by atoms with E-state index in [2.05, 4.69) is 10.3 Å². The molecular formula is C14H17N3O3. The summed E-state index contributed by atoms with van der Waals surface area (Å²) >= 11 is 0. The number of hydrogen-bond donors (Lipinski definition) is 1. The fourth-order valence-corrected chi connectivity index (χ4v) is 2.68. The lowest BCUT2D eigenvalue weighted by Gasteiger charge is -2.38. The monoisotopic (exact) mass is 275 g/mol. The van der Waals surface area contributed by atoms with Crippen molar-refractivity contribution in [3.8, 4) is 0 Å². The molecule has 0 amide bonds. The van der Waals surface area contributed by atoms with E-state index in [0.717, 1.165) is 23.9 Å². The molecule has 106 valence electrons. The van der Waals surface area contributed by atoms with E-state index in [1.807, 2.05) is 24.3 Å². The number of para-hydroxylation sites is 1. The molecule has 1 aliphatic carbocycles. The van der Waals surface area contributed by atoms with Crippen molar-refractivity contribution in [2.24, 2.45) is 11.8 Å². The van der Waals surface area contributed by atoms with Crippen LogP contribution in [0, 0.1) is 11.8 Å². The molecular weight excluding hydrogens is 258 g/mol. The maximum absolute atomic E-state index is 10.9. The average molecular weight is 275 g/mol. The molecule has 6 nitrogen and oxygen atoms in total. The first-order valence-electron chi connectivity index (χ1n) is 6.78. The molecule has 2 aromatic rings. The van der Waals surface area contributed by atoms with Crippen molar-refractivity contribution in [3.05, 3.63) is 24.3 Å². The minimum absolute atomic E-state index is 0.0551. The Balaban J connectivity index is 1.75. The fourth-order valence-electron chi connectivity index (χ4n) is 2.68. The molecule has 6 heteroatoms. The number of aromatic nitrogens is 3. The highest BCUT2D eigenvalue weighted by atomic mass is 16.5. The van der Waals surface area contributed by atoms with Gasteiger partial charge in [0.05, 0.1) is 12.1 Å². The quantitative estimate of drug-likeness (QED) is 0.856. The van der Waals surface area contributed by atoms with Crippen LogP contribution in [0.1, 0.15) is 26.0 Å². The van der Waals surface area contributed by atoms with Gasteiger partial charge >= 0.3 is 5.97 Å². The van der Waals surface area contributed by atoms with Crippen molar-refractivity contribution in [3.63, 3.8) is 0 Å². The van der Waals surface area contributed by atoms with Crippen LogP contribution >= 0.6 is 0 Å². The molecule has 1 aliphatic rings. The SMILES string of the molecule is CC(=O)OC[C@@H]1CC[C@H]1[C@H](O)n1nnc2ccccc21. The summed E-state index contributed by atoms with van der Waals surface area (Å²) in [5, 5.41) is 18.6. The lowest BCUT2D eigenvalue weighted by molar-refractivity contribution is -0.147. The maximum Gasteiger partial charge on any atom is 0.302 e. The van der Waals surface area contributed by atoms with Gasteiger partial charge in [0.25, 0.3) is 0 Å². The molecule has 3 rings (SSSR count). The summed E-state index contributed by atoms with van der Waals surface area (Å²) < 4.78 is 6.59. The first-order chi connectivity index (χ1) is 9.66. The van der Waals surface area contributed by atoms with Crippen LogP contribution in [0.25, 0.3) is 11.0 Å². The number of esters is 1. The zero-order valence-electron chi connectivity index (χ0n) is 11.3. The molecule has 0 spiro atoms. The number of carbonyl (C=O) groups is 1. The Morgan fingerprint density at radius 3 is 3.00 bits per heavy atom. The van der Waals surface area contributed by atoms with Crippen LogP contribution in [0.4, 0.5) is 0 Å². The number of carbonyl (C=O) groups excluding carboxylic acids is 1. The minimum Gasteiger partial charge on any atom is -0.466 e. The van der Waals surface area contributed by atoms with Crippen LogP contribution in [-0.2, 0) is 9.53 Å². The lowest BCUT2D eigenvalue weighted by Crippen LogP contribution is -2.37. The third-order valence-electron chi connectivity index (χ3n) is 3.99. The van der Waals surface area contributed by atoms with Gasteiger partial charge in [-0.05, 0) is 25.0 Å². The van der Waals surface area contributed by atoms with Crippen molar-refractivity contribution < 1.29 is 14.6 Å². The van der Waals surface area contributed by atoms with E-state index < -0.39 is 6.23 Å². The molecule has 1 N–H and O–H groups in total. The predicted octanol–water partition coefficient (Wildman–Crippen LogP) is 1.51. The average Bonchev–Trinajstić information content (AvgIpc) is 2.81. The third kappa shape index (κ3) is 2.27. The first-order valence-corrected chi connectivity index (χ1v) is 6.78.